The first kappa shape index (κ1) is 37.6. The van der Waals surface area contributed by atoms with Crippen LogP contribution >= 0.6 is 0 Å². The van der Waals surface area contributed by atoms with Crippen molar-refractivity contribution in [1.29, 1.82) is 0 Å². The van der Waals surface area contributed by atoms with E-state index in [2.05, 4.69) is 27.4 Å². The fourth-order valence-electron chi connectivity index (χ4n) is 7.55. The largest absolute Gasteiger partial charge is 0.496 e. The van der Waals surface area contributed by atoms with E-state index in [0.29, 0.717) is 35.7 Å². The third kappa shape index (κ3) is 7.80. The third-order valence-corrected chi connectivity index (χ3v) is 10.8. The highest BCUT2D eigenvalue weighted by Crippen LogP contribution is 2.45. The number of benzene rings is 2. The second-order valence-corrected chi connectivity index (χ2v) is 14.9. The molecule has 4 N–H and O–H groups in total. The molecule has 6 rings (SSSR count). The van der Waals surface area contributed by atoms with Crippen LogP contribution in [0.4, 0.5) is 4.79 Å². The zero-order valence-corrected chi connectivity index (χ0v) is 31.1. The minimum atomic E-state index is -1.49. The molecule has 0 spiro atoms. The molecule has 1 aromatic heterocycles. The Morgan fingerprint density at radius 1 is 1.19 bits per heavy atom. The monoisotopic (exact) mass is 726 g/mol. The van der Waals surface area contributed by atoms with Crippen molar-refractivity contribution < 1.29 is 33.8 Å². The van der Waals surface area contributed by atoms with E-state index >= 15 is 0 Å². The van der Waals surface area contributed by atoms with Crippen LogP contribution in [0.25, 0.3) is 22.2 Å². The van der Waals surface area contributed by atoms with E-state index in [1.807, 2.05) is 76.5 Å². The van der Waals surface area contributed by atoms with Crippen LogP contribution in [0, 0.1) is 11.8 Å². The van der Waals surface area contributed by atoms with Crippen molar-refractivity contribution in [3.8, 4) is 22.8 Å². The number of nitrogens with zero attached hydrogens (tertiary/aromatic N) is 3. The number of aliphatic carboxylic acids is 1. The lowest BCUT2D eigenvalue weighted by Gasteiger charge is -2.31. The highest BCUT2D eigenvalue weighted by molar-refractivity contribution is 5.96. The smallest absolute Gasteiger partial charge is 0.330 e. The molecule has 0 radical (unpaired) electrons. The molecule has 1 saturated carbocycles. The van der Waals surface area contributed by atoms with E-state index in [1.54, 1.807) is 7.11 Å². The van der Waals surface area contributed by atoms with Gasteiger partial charge in [0, 0.05) is 48.0 Å². The van der Waals surface area contributed by atoms with E-state index in [0.717, 1.165) is 29.4 Å². The molecule has 1 saturated heterocycles. The predicted octanol–water partition coefficient (Wildman–Crippen LogP) is 3.99. The second-order valence-electron chi connectivity index (χ2n) is 14.9. The Hall–Kier alpha value is -5.17. The van der Waals surface area contributed by atoms with Crippen LogP contribution in [0.1, 0.15) is 45.1 Å². The Kier molecular flexibility index (Phi) is 10.9. The SMILES string of the molecule is C=C[C@@H]1C[C@]1(NC(=O)[C@@H]1C[C@@H]2CN1C(=O)[C@H](C(C)C)NC(=O)NCC(N(C)C)CCCc1cc3c(cc(-c4ccccc4)nc3cc1OC)O2)C(=O)O. The van der Waals surface area contributed by atoms with Crippen LogP contribution in [0.3, 0.4) is 0 Å². The van der Waals surface area contributed by atoms with Crippen molar-refractivity contribution in [2.75, 3.05) is 34.3 Å². The van der Waals surface area contributed by atoms with Gasteiger partial charge in [0.05, 0.1) is 24.9 Å². The van der Waals surface area contributed by atoms with Crippen molar-refractivity contribution in [2.24, 2.45) is 11.8 Å². The summed E-state index contributed by atoms with van der Waals surface area (Å²) in [5.74, 6) is -1.73. The van der Waals surface area contributed by atoms with E-state index in [9.17, 15) is 24.3 Å². The molecule has 6 atom stereocenters. The number of methoxy groups -OCH3 is 1. The van der Waals surface area contributed by atoms with E-state index < -0.39 is 53.5 Å². The summed E-state index contributed by atoms with van der Waals surface area (Å²) in [7, 11) is 5.57. The summed E-state index contributed by atoms with van der Waals surface area (Å²) >= 11 is 0. The van der Waals surface area contributed by atoms with Gasteiger partial charge in [-0.3, -0.25) is 9.59 Å². The number of aryl methyl sites for hydroxylation is 1. The first-order valence-corrected chi connectivity index (χ1v) is 18.3. The number of nitrogens with one attached hydrogen (secondary N) is 3. The maximum absolute atomic E-state index is 14.4. The number of aromatic nitrogens is 1. The number of carbonyl (C=O) groups is 4. The van der Waals surface area contributed by atoms with Crippen molar-refractivity contribution in [1.82, 2.24) is 30.7 Å². The summed E-state index contributed by atoms with van der Waals surface area (Å²) in [6.45, 7) is 7.78. The van der Waals surface area contributed by atoms with Gasteiger partial charge in [0.1, 0.15) is 35.2 Å². The quantitative estimate of drug-likeness (QED) is 0.252. The molecule has 2 aliphatic heterocycles. The maximum Gasteiger partial charge on any atom is 0.330 e. The molecule has 282 valence electrons. The molecule has 53 heavy (non-hydrogen) atoms. The Morgan fingerprint density at radius 2 is 1.94 bits per heavy atom. The lowest BCUT2D eigenvalue weighted by Crippen LogP contribution is -2.58. The van der Waals surface area contributed by atoms with Gasteiger partial charge in [0.15, 0.2) is 0 Å². The van der Waals surface area contributed by atoms with Crippen molar-refractivity contribution in [2.45, 2.75) is 75.7 Å². The summed E-state index contributed by atoms with van der Waals surface area (Å²) in [5.41, 5.74) is 1.72. The lowest BCUT2D eigenvalue weighted by molar-refractivity contribution is -0.145. The predicted molar refractivity (Wildman–Crippen MR) is 201 cm³/mol. The highest BCUT2D eigenvalue weighted by Gasteiger charge is 2.61. The molecule has 1 aliphatic carbocycles. The first-order chi connectivity index (χ1) is 25.3. The van der Waals surface area contributed by atoms with Gasteiger partial charge < -0.3 is 40.3 Å². The normalized spacial score (nSPS) is 26.3. The molecule has 4 bridgehead atoms. The van der Waals surface area contributed by atoms with Gasteiger partial charge in [-0.05, 0) is 57.3 Å². The molecule has 3 aromatic rings. The van der Waals surface area contributed by atoms with Gasteiger partial charge in [-0.25, -0.2) is 14.6 Å². The average Bonchev–Trinajstić information content (AvgIpc) is 3.70. The standard InChI is InChI=1S/C40H50N6O7/c1-7-26-20-40(26,38(49)50)44-36(47)32-17-28-22-46(32)37(48)35(23(2)3)43-39(51)41-21-27(45(4)5)15-11-14-25-16-29-31(19-33(25)52-6)42-30(18-34(29)53-28)24-12-9-8-10-13-24/h7-10,12-13,16,18-19,23,26-28,32,35H,1,11,14-15,17,20-22H2,2-6H3,(H,44,47)(H,49,50)(H2,41,43,51)/t26-,27?,28-,32+,35+,40-/m1/s1. The number of urea groups is 1. The van der Waals surface area contributed by atoms with Gasteiger partial charge >= 0.3 is 12.0 Å². The Balaban J connectivity index is 1.44. The highest BCUT2D eigenvalue weighted by atomic mass is 16.5. The summed E-state index contributed by atoms with van der Waals surface area (Å²) in [5, 5.41) is 19.4. The number of likely N-dealkylation sites (N-methyl/N-ethyl adjacent to an activating group) is 1. The average molecular weight is 727 g/mol. The molecule has 4 amide bonds. The molecule has 3 aliphatic rings. The number of carboxylic acid groups (broad SMARTS) is 1. The van der Waals surface area contributed by atoms with Crippen LogP contribution < -0.4 is 25.4 Å². The summed E-state index contributed by atoms with van der Waals surface area (Å²) in [4.78, 5) is 62.6. The number of rotatable bonds is 8. The van der Waals surface area contributed by atoms with Crippen LogP contribution in [0.2, 0.25) is 0 Å². The van der Waals surface area contributed by atoms with Crippen LogP contribution in [-0.4, -0.2) is 108 Å². The van der Waals surface area contributed by atoms with Gasteiger partial charge in [-0.15, -0.1) is 6.58 Å². The first-order valence-electron chi connectivity index (χ1n) is 18.3. The van der Waals surface area contributed by atoms with E-state index in [4.69, 9.17) is 14.5 Å². The summed E-state index contributed by atoms with van der Waals surface area (Å²) in [6, 6.07) is 13.1. The number of carbonyl (C=O) groups excluding carboxylic acids is 3. The van der Waals surface area contributed by atoms with Gasteiger partial charge in [-0.2, -0.15) is 0 Å². The number of hydrogen-bond donors (Lipinski definition) is 4. The number of hydrogen-bond acceptors (Lipinski definition) is 8. The second kappa shape index (κ2) is 15.4. The van der Waals surface area contributed by atoms with Crippen molar-refractivity contribution >= 4 is 34.7 Å². The third-order valence-electron chi connectivity index (χ3n) is 10.8. The van der Waals surface area contributed by atoms with Gasteiger partial charge in [0.25, 0.3) is 0 Å². The van der Waals surface area contributed by atoms with Crippen LogP contribution in [0.15, 0.2) is 61.2 Å². The number of pyridine rings is 1. The number of carboxylic acids is 1. The minimum absolute atomic E-state index is 0.0177. The minimum Gasteiger partial charge on any atom is -0.496 e. The topological polar surface area (TPSA) is 162 Å². The van der Waals surface area contributed by atoms with E-state index in [1.165, 1.54) is 11.0 Å². The molecule has 13 heteroatoms. The Morgan fingerprint density at radius 3 is 2.58 bits per heavy atom. The van der Waals surface area contributed by atoms with Gasteiger partial charge in [0.2, 0.25) is 11.8 Å². The molecular weight excluding hydrogens is 676 g/mol. The number of ether oxygens (including phenoxy) is 2. The van der Waals surface area contributed by atoms with Gasteiger partial charge in [-0.1, -0.05) is 50.3 Å². The zero-order chi connectivity index (χ0) is 38.0. The lowest BCUT2D eigenvalue weighted by atomic mass is 10.00. The Labute approximate surface area is 310 Å². The maximum atomic E-state index is 14.4. The van der Waals surface area contributed by atoms with Crippen molar-refractivity contribution in [3.63, 3.8) is 0 Å². The van der Waals surface area contributed by atoms with Crippen molar-refractivity contribution in [3.05, 3.63) is 66.7 Å². The van der Waals surface area contributed by atoms with Crippen LogP contribution in [0.5, 0.6) is 11.5 Å². The van der Waals surface area contributed by atoms with Crippen LogP contribution in [-0.2, 0) is 20.8 Å². The molecule has 1 unspecified atom stereocenters. The molecule has 2 aromatic carbocycles. The number of fused-ring (bicyclic) bond motifs is 3. The zero-order valence-electron chi connectivity index (χ0n) is 31.1. The fourth-order valence-corrected chi connectivity index (χ4v) is 7.55. The fraction of sp³-hybridized carbons (Fsp3) is 0.475. The summed E-state index contributed by atoms with van der Waals surface area (Å²) < 4.78 is 12.6. The summed E-state index contributed by atoms with van der Waals surface area (Å²) in [6.07, 6.45) is 3.48. The molecule has 2 fully saturated rings. The molecule has 13 nitrogen and oxygen atoms in total. The number of amides is 4. The molecular formula is C40H50N6O7. The van der Waals surface area contributed by atoms with E-state index in [-0.39, 0.29) is 31.3 Å². The molecule has 3 heterocycles. The Bertz CT molecular complexity index is 1880.